The van der Waals surface area contributed by atoms with E-state index in [-0.39, 0.29) is 11.9 Å². The van der Waals surface area contributed by atoms with Gasteiger partial charge in [0.15, 0.2) is 0 Å². The van der Waals surface area contributed by atoms with Crippen LogP contribution in [0.25, 0.3) is 0 Å². The summed E-state index contributed by atoms with van der Waals surface area (Å²) in [4.78, 5) is 19.8. The molecule has 1 amide bonds. The van der Waals surface area contributed by atoms with Crippen molar-refractivity contribution in [3.8, 4) is 0 Å². The Labute approximate surface area is 125 Å². The largest absolute Gasteiger partial charge is 0.368 e. The maximum absolute atomic E-state index is 12.2. The molecule has 1 heterocycles. The van der Waals surface area contributed by atoms with Crippen molar-refractivity contribution in [2.45, 2.75) is 19.4 Å². The lowest BCUT2D eigenvalue weighted by Crippen LogP contribution is -2.41. The number of rotatable bonds is 3. The van der Waals surface area contributed by atoms with Crippen LogP contribution in [0, 0.1) is 0 Å². The molecule has 0 atom stereocenters. The van der Waals surface area contributed by atoms with Gasteiger partial charge in [-0.05, 0) is 31.5 Å². The van der Waals surface area contributed by atoms with Gasteiger partial charge in [-0.1, -0.05) is 28.1 Å². The van der Waals surface area contributed by atoms with Gasteiger partial charge in [-0.2, -0.15) is 0 Å². The second-order valence-electron chi connectivity index (χ2n) is 4.92. The van der Waals surface area contributed by atoms with Crippen LogP contribution in [0.2, 0.25) is 0 Å². The molecule has 0 spiro atoms. The number of hydrogen-bond donors (Lipinski definition) is 2. The smallest absolute Gasteiger partial charge is 0.255 e. The molecule has 1 aromatic heterocycles. The minimum absolute atomic E-state index is 0.146. The standard InChI is InChI=1S/C14H15BrN4O/c1-14(2,10-4-3-5-11(15)6-10)19-12(20)9-7-17-13(16)18-8-9/h3-8H,1-2H3,(H,19,20)(H2,16,17,18). The van der Waals surface area contributed by atoms with E-state index in [1.807, 2.05) is 38.1 Å². The number of nitrogen functional groups attached to an aromatic ring is 1. The summed E-state index contributed by atoms with van der Waals surface area (Å²) in [5.74, 6) is -0.0947. The lowest BCUT2D eigenvalue weighted by Gasteiger charge is -2.27. The summed E-state index contributed by atoms with van der Waals surface area (Å²) in [6.07, 6.45) is 2.82. The first-order valence-electron chi connectivity index (χ1n) is 6.04. The quantitative estimate of drug-likeness (QED) is 0.903. The Morgan fingerprint density at radius 3 is 2.55 bits per heavy atom. The van der Waals surface area contributed by atoms with Gasteiger partial charge in [0, 0.05) is 16.9 Å². The highest BCUT2D eigenvalue weighted by Gasteiger charge is 2.23. The van der Waals surface area contributed by atoms with Crippen LogP contribution < -0.4 is 11.1 Å². The summed E-state index contributed by atoms with van der Waals surface area (Å²) in [7, 11) is 0. The average Bonchev–Trinajstić information content (AvgIpc) is 2.39. The lowest BCUT2D eigenvalue weighted by atomic mass is 9.94. The molecule has 0 saturated heterocycles. The van der Waals surface area contributed by atoms with Crippen LogP contribution in [0.3, 0.4) is 0 Å². The van der Waals surface area contributed by atoms with Gasteiger partial charge in [-0.3, -0.25) is 4.79 Å². The van der Waals surface area contributed by atoms with Crippen LogP contribution in [-0.2, 0) is 5.54 Å². The van der Waals surface area contributed by atoms with E-state index in [1.165, 1.54) is 12.4 Å². The molecule has 0 aliphatic carbocycles. The predicted octanol–water partition coefficient (Wildman–Crippen LogP) is 2.49. The molecule has 5 nitrogen and oxygen atoms in total. The molecule has 0 aliphatic heterocycles. The number of anilines is 1. The number of nitrogens with two attached hydrogens (primary N) is 1. The number of benzene rings is 1. The highest BCUT2D eigenvalue weighted by molar-refractivity contribution is 9.10. The summed E-state index contributed by atoms with van der Waals surface area (Å²) >= 11 is 3.43. The van der Waals surface area contributed by atoms with Crippen LogP contribution in [-0.4, -0.2) is 15.9 Å². The molecule has 1 aromatic carbocycles. The maximum atomic E-state index is 12.2. The number of amides is 1. The summed E-state index contributed by atoms with van der Waals surface area (Å²) < 4.78 is 0.966. The summed E-state index contributed by atoms with van der Waals surface area (Å²) in [6.45, 7) is 3.87. The number of halogens is 1. The van der Waals surface area contributed by atoms with Crippen molar-refractivity contribution in [2.24, 2.45) is 0 Å². The lowest BCUT2D eigenvalue weighted by molar-refractivity contribution is 0.0911. The zero-order chi connectivity index (χ0) is 14.8. The van der Waals surface area contributed by atoms with Crippen molar-refractivity contribution >= 4 is 27.8 Å². The molecule has 0 aliphatic rings. The van der Waals surface area contributed by atoms with E-state index in [9.17, 15) is 4.79 Å². The van der Waals surface area contributed by atoms with Gasteiger partial charge in [0.2, 0.25) is 5.95 Å². The molecule has 0 saturated carbocycles. The Hall–Kier alpha value is -1.95. The predicted molar refractivity (Wildman–Crippen MR) is 81.1 cm³/mol. The Morgan fingerprint density at radius 1 is 1.30 bits per heavy atom. The second kappa shape index (κ2) is 5.58. The monoisotopic (exact) mass is 334 g/mol. The van der Waals surface area contributed by atoms with Gasteiger partial charge in [-0.15, -0.1) is 0 Å². The summed E-state index contributed by atoms with van der Waals surface area (Å²) in [5.41, 5.74) is 6.26. The molecule has 0 fully saturated rings. The van der Waals surface area contributed by atoms with Gasteiger partial charge in [0.25, 0.3) is 5.91 Å². The molecule has 0 radical (unpaired) electrons. The zero-order valence-corrected chi connectivity index (χ0v) is 12.8. The van der Waals surface area contributed by atoms with E-state index in [1.54, 1.807) is 0 Å². The molecule has 2 rings (SSSR count). The average molecular weight is 335 g/mol. The van der Waals surface area contributed by atoms with E-state index in [4.69, 9.17) is 5.73 Å². The molecular formula is C14H15BrN4O. The van der Waals surface area contributed by atoms with Crippen LogP contribution in [0.4, 0.5) is 5.95 Å². The van der Waals surface area contributed by atoms with Crippen LogP contribution in [0.15, 0.2) is 41.1 Å². The molecular weight excluding hydrogens is 320 g/mol. The van der Waals surface area contributed by atoms with Gasteiger partial charge >= 0.3 is 0 Å². The molecule has 2 aromatic rings. The third kappa shape index (κ3) is 3.33. The highest BCUT2D eigenvalue weighted by atomic mass is 79.9. The van der Waals surface area contributed by atoms with E-state index < -0.39 is 5.54 Å². The number of hydrogen-bond acceptors (Lipinski definition) is 4. The number of nitrogens with zero attached hydrogens (tertiary/aromatic N) is 2. The molecule has 20 heavy (non-hydrogen) atoms. The molecule has 3 N–H and O–H groups in total. The third-order valence-electron chi connectivity index (χ3n) is 2.91. The fourth-order valence-electron chi connectivity index (χ4n) is 1.76. The van der Waals surface area contributed by atoms with Crippen molar-refractivity contribution in [1.29, 1.82) is 0 Å². The summed E-state index contributed by atoms with van der Waals surface area (Å²) in [6, 6.07) is 7.80. The molecule has 104 valence electrons. The van der Waals surface area contributed by atoms with E-state index in [0.29, 0.717) is 5.56 Å². The Kier molecular flexibility index (Phi) is 4.04. The Balaban J connectivity index is 2.19. The molecule has 0 unspecified atom stereocenters. The number of carbonyl (C=O) groups is 1. The fraction of sp³-hybridized carbons (Fsp3) is 0.214. The van der Waals surface area contributed by atoms with Gasteiger partial charge in [-0.25, -0.2) is 9.97 Å². The van der Waals surface area contributed by atoms with Crippen molar-refractivity contribution < 1.29 is 4.79 Å². The van der Waals surface area contributed by atoms with Crippen LogP contribution in [0.1, 0.15) is 29.8 Å². The van der Waals surface area contributed by atoms with Gasteiger partial charge < -0.3 is 11.1 Å². The molecule has 6 heteroatoms. The summed E-state index contributed by atoms with van der Waals surface area (Å²) in [5, 5.41) is 2.95. The maximum Gasteiger partial charge on any atom is 0.255 e. The molecule has 0 bridgehead atoms. The third-order valence-corrected chi connectivity index (χ3v) is 3.40. The minimum atomic E-state index is -0.512. The van der Waals surface area contributed by atoms with Crippen molar-refractivity contribution in [1.82, 2.24) is 15.3 Å². The van der Waals surface area contributed by atoms with Crippen molar-refractivity contribution in [3.63, 3.8) is 0 Å². The van der Waals surface area contributed by atoms with E-state index in [2.05, 4.69) is 31.2 Å². The van der Waals surface area contributed by atoms with Gasteiger partial charge in [0.05, 0.1) is 11.1 Å². The van der Waals surface area contributed by atoms with Crippen LogP contribution in [0.5, 0.6) is 0 Å². The first-order chi connectivity index (χ1) is 9.38. The fourth-order valence-corrected chi connectivity index (χ4v) is 2.16. The van der Waals surface area contributed by atoms with E-state index in [0.717, 1.165) is 10.0 Å². The zero-order valence-electron chi connectivity index (χ0n) is 11.2. The number of nitrogens with one attached hydrogen (secondary N) is 1. The topological polar surface area (TPSA) is 80.9 Å². The first kappa shape index (κ1) is 14.5. The van der Waals surface area contributed by atoms with Crippen molar-refractivity contribution in [3.05, 3.63) is 52.3 Å². The Bertz CT molecular complexity index is 625. The second-order valence-corrected chi connectivity index (χ2v) is 5.84. The normalized spacial score (nSPS) is 11.2. The van der Waals surface area contributed by atoms with Crippen LogP contribution >= 0.6 is 15.9 Å². The first-order valence-corrected chi connectivity index (χ1v) is 6.84. The SMILES string of the molecule is CC(C)(NC(=O)c1cnc(N)nc1)c1cccc(Br)c1. The highest BCUT2D eigenvalue weighted by Crippen LogP contribution is 2.23. The van der Waals surface area contributed by atoms with Crippen molar-refractivity contribution in [2.75, 3.05) is 5.73 Å². The van der Waals surface area contributed by atoms with Gasteiger partial charge in [0.1, 0.15) is 0 Å². The van der Waals surface area contributed by atoms with E-state index >= 15 is 0 Å². The Morgan fingerprint density at radius 2 is 1.95 bits per heavy atom. The minimum Gasteiger partial charge on any atom is -0.368 e. The number of carbonyl (C=O) groups excluding carboxylic acids is 1. The number of aromatic nitrogens is 2.